The van der Waals surface area contributed by atoms with Crippen molar-refractivity contribution in [3.05, 3.63) is 106 Å². The molecule has 0 spiro atoms. The van der Waals surface area contributed by atoms with Crippen molar-refractivity contribution < 1.29 is 19.1 Å². The Morgan fingerprint density at radius 2 is 1.75 bits per heavy atom. The topological polar surface area (TPSA) is 77.0 Å². The second-order valence-electron chi connectivity index (χ2n) is 7.78. The van der Waals surface area contributed by atoms with Crippen LogP contribution in [-0.2, 0) is 0 Å². The first-order valence-electron chi connectivity index (χ1n) is 11.2. The molecule has 4 aromatic rings. The van der Waals surface area contributed by atoms with Gasteiger partial charge in [-0.25, -0.2) is 10.2 Å². The summed E-state index contributed by atoms with van der Waals surface area (Å²) in [6, 6.07) is 22.4. The number of ether oxygens (including phenoxy) is 2. The molecule has 36 heavy (non-hydrogen) atoms. The van der Waals surface area contributed by atoms with Crippen molar-refractivity contribution >= 4 is 52.1 Å². The molecule has 0 radical (unpaired) electrons. The average molecular weight is 521 g/mol. The summed E-state index contributed by atoms with van der Waals surface area (Å²) in [6.45, 7) is 2.63. The van der Waals surface area contributed by atoms with Crippen LogP contribution in [0.4, 0.5) is 0 Å². The minimum absolute atomic E-state index is 0.178. The van der Waals surface area contributed by atoms with Gasteiger partial charge in [0, 0.05) is 16.1 Å². The number of rotatable bonds is 8. The molecule has 0 saturated heterocycles. The highest BCUT2D eigenvalue weighted by Gasteiger charge is 2.16. The van der Waals surface area contributed by atoms with Gasteiger partial charge in [0.25, 0.3) is 5.91 Å². The van der Waals surface area contributed by atoms with Crippen molar-refractivity contribution in [1.29, 1.82) is 0 Å². The van der Waals surface area contributed by atoms with Crippen LogP contribution in [0.2, 0.25) is 10.0 Å². The second kappa shape index (κ2) is 11.7. The Morgan fingerprint density at radius 3 is 2.50 bits per heavy atom. The fourth-order valence-electron chi connectivity index (χ4n) is 3.45. The highest BCUT2D eigenvalue weighted by molar-refractivity contribution is 6.36. The summed E-state index contributed by atoms with van der Waals surface area (Å²) in [6.07, 6.45) is 2.35. The summed E-state index contributed by atoms with van der Waals surface area (Å²) in [4.78, 5) is 25.4. The van der Waals surface area contributed by atoms with Gasteiger partial charge in [0.1, 0.15) is 11.5 Å². The van der Waals surface area contributed by atoms with Gasteiger partial charge >= 0.3 is 5.97 Å². The molecule has 0 unspecified atom stereocenters. The molecule has 0 aliphatic rings. The SMILES string of the molecule is CCCOc1ccc(C(=O)N/N=C\c2c(OC(=O)c3ccc(Cl)cc3Cl)ccc3ccccc23)cc1. The zero-order valence-electron chi connectivity index (χ0n) is 19.3. The fourth-order valence-corrected chi connectivity index (χ4v) is 3.94. The van der Waals surface area contributed by atoms with E-state index in [2.05, 4.69) is 10.5 Å². The Morgan fingerprint density at radius 1 is 0.972 bits per heavy atom. The Bertz CT molecular complexity index is 1440. The molecule has 0 atom stereocenters. The third-order valence-electron chi connectivity index (χ3n) is 5.23. The molecular formula is C28H22Cl2N2O4. The van der Waals surface area contributed by atoms with Gasteiger partial charge < -0.3 is 9.47 Å². The van der Waals surface area contributed by atoms with Gasteiger partial charge in [-0.15, -0.1) is 0 Å². The first-order chi connectivity index (χ1) is 17.5. The molecule has 182 valence electrons. The predicted molar refractivity (Wildman–Crippen MR) is 143 cm³/mol. The maximum absolute atomic E-state index is 12.8. The van der Waals surface area contributed by atoms with Crippen LogP contribution in [0.25, 0.3) is 10.8 Å². The van der Waals surface area contributed by atoms with Crippen LogP contribution in [0, 0.1) is 0 Å². The van der Waals surface area contributed by atoms with E-state index in [1.54, 1.807) is 36.4 Å². The van der Waals surface area contributed by atoms with E-state index < -0.39 is 5.97 Å². The van der Waals surface area contributed by atoms with Gasteiger partial charge in [-0.1, -0.05) is 60.5 Å². The number of carbonyl (C=O) groups is 2. The van der Waals surface area contributed by atoms with Crippen LogP contribution in [0.1, 0.15) is 39.6 Å². The molecule has 4 aromatic carbocycles. The Balaban J connectivity index is 1.56. The highest BCUT2D eigenvalue weighted by Crippen LogP contribution is 2.29. The molecule has 8 heteroatoms. The molecule has 4 rings (SSSR count). The van der Waals surface area contributed by atoms with E-state index in [1.165, 1.54) is 18.3 Å². The molecule has 0 aliphatic heterocycles. The lowest BCUT2D eigenvalue weighted by Crippen LogP contribution is -2.17. The number of fused-ring (bicyclic) bond motifs is 1. The quantitative estimate of drug-likeness (QED) is 0.118. The van der Waals surface area contributed by atoms with Crippen LogP contribution in [0.3, 0.4) is 0 Å². The molecule has 0 heterocycles. The van der Waals surface area contributed by atoms with Crippen molar-refractivity contribution in [2.45, 2.75) is 13.3 Å². The third kappa shape index (κ3) is 6.03. The third-order valence-corrected chi connectivity index (χ3v) is 5.78. The van der Waals surface area contributed by atoms with E-state index in [0.717, 1.165) is 17.2 Å². The second-order valence-corrected chi connectivity index (χ2v) is 8.63. The van der Waals surface area contributed by atoms with Crippen LogP contribution in [-0.4, -0.2) is 24.7 Å². The van der Waals surface area contributed by atoms with Crippen LogP contribution in [0.5, 0.6) is 11.5 Å². The number of hydrazone groups is 1. The first-order valence-corrected chi connectivity index (χ1v) is 12.0. The van der Waals surface area contributed by atoms with Crippen LogP contribution in [0.15, 0.2) is 84.0 Å². The molecule has 0 bridgehead atoms. The summed E-state index contributed by atoms with van der Waals surface area (Å²) in [7, 11) is 0. The number of hydrogen-bond acceptors (Lipinski definition) is 5. The van der Waals surface area contributed by atoms with Crippen molar-refractivity contribution in [1.82, 2.24) is 5.43 Å². The summed E-state index contributed by atoms with van der Waals surface area (Å²) < 4.78 is 11.2. The van der Waals surface area contributed by atoms with Gasteiger partial charge in [0.05, 0.1) is 23.4 Å². The van der Waals surface area contributed by atoms with E-state index in [4.69, 9.17) is 32.7 Å². The number of esters is 1. The van der Waals surface area contributed by atoms with Crippen LogP contribution < -0.4 is 14.9 Å². The molecule has 1 N–H and O–H groups in total. The molecule has 6 nitrogen and oxygen atoms in total. The number of nitrogens with zero attached hydrogens (tertiary/aromatic N) is 1. The summed E-state index contributed by atoms with van der Waals surface area (Å²) >= 11 is 12.1. The Labute approximate surface area is 218 Å². The standard InChI is InChI=1S/C28H22Cl2N2O4/c1-2-15-35-21-11-7-19(8-12-21)27(33)32-31-17-24-22-6-4-3-5-18(22)9-14-26(24)36-28(34)23-13-10-20(29)16-25(23)30/h3-14,16-17H,2,15H2,1H3,(H,32,33)/b31-17-. The molecular weight excluding hydrogens is 499 g/mol. The van der Waals surface area contributed by atoms with Crippen molar-refractivity contribution in [2.24, 2.45) is 5.10 Å². The van der Waals surface area contributed by atoms with Crippen molar-refractivity contribution in [3.8, 4) is 11.5 Å². The van der Waals surface area contributed by atoms with E-state index in [1.807, 2.05) is 37.3 Å². The lowest BCUT2D eigenvalue weighted by Gasteiger charge is -2.11. The van der Waals surface area contributed by atoms with E-state index >= 15 is 0 Å². The van der Waals surface area contributed by atoms with Gasteiger partial charge in [-0.05, 0) is 65.7 Å². The fraction of sp³-hybridized carbons (Fsp3) is 0.107. The predicted octanol–water partition coefficient (Wildman–Crippen LogP) is 6.92. The minimum Gasteiger partial charge on any atom is -0.494 e. The highest BCUT2D eigenvalue weighted by atomic mass is 35.5. The minimum atomic E-state index is -0.643. The monoisotopic (exact) mass is 520 g/mol. The Kier molecular flexibility index (Phi) is 8.21. The van der Waals surface area contributed by atoms with Gasteiger partial charge in [-0.2, -0.15) is 5.10 Å². The average Bonchev–Trinajstić information content (AvgIpc) is 2.88. The number of hydrogen-bond donors (Lipinski definition) is 1. The Hall–Kier alpha value is -3.87. The van der Waals surface area contributed by atoms with Crippen molar-refractivity contribution in [2.75, 3.05) is 6.61 Å². The van der Waals surface area contributed by atoms with E-state index in [0.29, 0.717) is 28.5 Å². The number of benzene rings is 4. The summed E-state index contributed by atoms with van der Waals surface area (Å²) in [5.74, 6) is -0.0731. The normalized spacial score (nSPS) is 11.0. The van der Waals surface area contributed by atoms with Gasteiger partial charge in [0.15, 0.2) is 0 Å². The van der Waals surface area contributed by atoms with Gasteiger partial charge in [0.2, 0.25) is 0 Å². The van der Waals surface area contributed by atoms with Gasteiger partial charge in [-0.3, -0.25) is 4.79 Å². The van der Waals surface area contributed by atoms with E-state index in [-0.39, 0.29) is 22.2 Å². The number of nitrogens with one attached hydrogen (secondary N) is 1. The lowest BCUT2D eigenvalue weighted by atomic mass is 10.0. The number of carbonyl (C=O) groups excluding carboxylic acids is 2. The molecule has 0 fully saturated rings. The van der Waals surface area contributed by atoms with E-state index in [9.17, 15) is 9.59 Å². The molecule has 0 saturated carbocycles. The number of halogens is 2. The summed E-state index contributed by atoms with van der Waals surface area (Å²) in [5.41, 5.74) is 3.65. The molecule has 0 aliphatic carbocycles. The summed E-state index contributed by atoms with van der Waals surface area (Å²) in [5, 5.41) is 6.42. The maximum Gasteiger partial charge on any atom is 0.345 e. The van der Waals surface area contributed by atoms with Crippen molar-refractivity contribution in [3.63, 3.8) is 0 Å². The molecule has 1 amide bonds. The van der Waals surface area contributed by atoms with Crippen LogP contribution >= 0.6 is 23.2 Å². The zero-order valence-corrected chi connectivity index (χ0v) is 20.8. The maximum atomic E-state index is 12.8. The smallest absolute Gasteiger partial charge is 0.345 e. The number of amides is 1. The first kappa shape index (κ1) is 25.2. The lowest BCUT2D eigenvalue weighted by molar-refractivity contribution is 0.0734. The largest absolute Gasteiger partial charge is 0.494 e. The zero-order chi connectivity index (χ0) is 25.5. The molecule has 0 aromatic heterocycles.